The zero-order valence-corrected chi connectivity index (χ0v) is 12.5. The quantitative estimate of drug-likeness (QED) is 0.790. The van der Waals surface area contributed by atoms with Crippen LogP contribution in [0.4, 0.5) is 0 Å². The van der Waals surface area contributed by atoms with Crippen LogP contribution >= 0.6 is 0 Å². The van der Waals surface area contributed by atoms with E-state index in [4.69, 9.17) is 5.73 Å². The SMILES string of the molecule is CC1CC(CN)CN1C(=O)CCNC(=O)C(C)(C)C. The number of nitrogens with one attached hydrogen (secondary N) is 1. The second-order valence-electron chi connectivity index (χ2n) is 6.49. The summed E-state index contributed by atoms with van der Waals surface area (Å²) in [5.41, 5.74) is 5.24. The zero-order valence-electron chi connectivity index (χ0n) is 12.5. The number of hydrogen-bond donors (Lipinski definition) is 2. The van der Waals surface area contributed by atoms with E-state index in [1.54, 1.807) is 0 Å². The summed E-state index contributed by atoms with van der Waals surface area (Å²) in [6.45, 7) is 9.43. The van der Waals surface area contributed by atoms with Crippen molar-refractivity contribution in [1.82, 2.24) is 10.2 Å². The van der Waals surface area contributed by atoms with E-state index in [2.05, 4.69) is 12.2 Å². The number of carbonyl (C=O) groups is 2. The molecule has 0 saturated carbocycles. The monoisotopic (exact) mass is 269 g/mol. The first-order chi connectivity index (χ1) is 8.75. The molecule has 0 spiro atoms. The maximum absolute atomic E-state index is 12.1. The van der Waals surface area contributed by atoms with E-state index in [0.717, 1.165) is 13.0 Å². The molecule has 0 radical (unpaired) electrons. The fourth-order valence-electron chi connectivity index (χ4n) is 2.35. The van der Waals surface area contributed by atoms with Gasteiger partial charge in [0.05, 0.1) is 0 Å². The molecule has 3 N–H and O–H groups in total. The van der Waals surface area contributed by atoms with E-state index < -0.39 is 5.41 Å². The highest BCUT2D eigenvalue weighted by Crippen LogP contribution is 2.22. The van der Waals surface area contributed by atoms with Crippen LogP contribution in [0.15, 0.2) is 0 Å². The number of nitrogens with two attached hydrogens (primary N) is 1. The topological polar surface area (TPSA) is 75.4 Å². The fraction of sp³-hybridized carbons (Fsp3) is 0.857. The average Bonchev–Trinajstić information content (AvgIpc) is 2.69. The Kier molecular flexibility index (Phi) is 5.35. The Balaban J connectivity index is 2.34. The van der Waals surface area contributed by atoms with Gasteiger partial charge in [-0.25, -0.2) is 0 Å². The third kappa shape index (κ3) is 4.49. The van der Waals surface area contributed by atoms with Crippen LogP contribution < -0.4 is 11.1 Å². The zero-order chi connectivity index (χ0) is 14.6. The lowest BCUT2D eigenvalue weighted by Gasteiger charge is -2.22. The van der Waals surface area contributed by atoms with Gasteiger partial charge in [-0.05, 0) is 25.8 Å². The van der Waals surface area contributed by atoms with Crippen LogP contribution in [0.25, 0.3) is 0 Å². The molecule has 0 aliphatic carbocycles. The maximum atomic E-state index is 12.1. The molecule has 19 heavy (non-hydrogen) atoms. The molecule has 5 nitrogen and oxygen atoms in total. The van der Waals surface area contributed by atoms with Crippen LogP contribution in [0.5, 0.6) is 0 Å². The van der Waals surface area contributed by atoms with E-state index in [1.165, 1.54) is 0 Å². The molecule has 110 valence electrons. The molecule has 1 fully saturated rings. The van der Waals surface area contributed by atoms with Crippen molar-refractivity contribution in [1.29, 1.82) is 0 Å². The highest BCUT2D eigenvalue weighted by Gasteiger charge is 2.31. The molecule has 2 unspecified atom stereocenters. The van der Waals surface area contributed by atoms with Crippen LogP contribution in [0.1, 0.15) is 40.5 Å². The average molecular weight is 269 g/mol. The number of hydrogen-bond acceptors (Lipinski definition) is 3. The van der Waals surface area contributed by atoms with Crippen molar-refractivity contribution < 1.29 is 9.59 Å². The van der Waals surface area contributed by atoms with Gasteiger partial charge < -0.3 is 16.0 Å². The van der Waals surface area contributed by atoms with Gasteiger partial charge >= 0.3 is 0 Å². The number of amides is 2. The molecule has 0 aromatic heterocycles. The van der Waals surface area contributed by atoms with Gasteiger partial charge in [-0.15, -0.1) is 0 Å². The predicted octanol–water partition coefficient (Wildman–Crippen LogP) is 0.735. The van der Waals surface area contributed by atoms with Crippen molar-refractivity contribution in [2.24, 2.45) is 17.1 Å². The molecule has 1 aliphatic rings. The highest BCUT2D eigenvalue weighted by molar-refractivity contribution is 5.82. The molecule has 2 atom stereocenters. The molecule has 1 aliphatic heterocycles. The van der Waals surface area contributed by atoms with Crippen molar-refractivity contribution in [2.75, 3.05) is 19.6 Å². The number of carbonyl (C=O) groups excluding carboxylic acids is 2. The summed E-state index contributed by atoms with van der Waals surface area (Å²) in [4.78, 5) is 25.6. The first kappa shape index (κ1) is 16.0. The van der Waals surface area contributed by atoms with Gasteiger partial charge in [-0.3, -0.25) is 9.59 Å². The molecule has 0 aromatic rings. The third-order valence-corrected chi connectivity index (χ3v) is 3.62. The largest absolute Gasteiger partial charge is 0.355 e. The Morgan fingerprint density at radius 1 is 1.37 bits per heavy atom. The van der Waals surface area contributed by atoms with Gasteiger partial charge in [-0.2, -0.15) is 0 Å². The lowest BCUT2D eigenvalue weighted by atomic mass is 9.96. The lowest BCUT2D eigenvalue weighted by Crippen LogP contribution is -2.39. The van der Waals surface area contributed by atoms with E-state index in [0.29, 0.717) is 25.4 Å². The van der Waals surface area contributed by atoms with Gasteiger partial charge in [0.2, 0.25) is 11.8 Å². The second kappa shape index (κ2) is 6.37. The first-order valence-corrected chi connectivity index (χ1v) is 7.03. The highest BCUT2D eigenvalue weighted by atomic mass is 16.2. The molecule has 0 bridgehead atoms. The van der Waals surface area contributed by atoms with Gasteiger partial charge in [0.15, 0.2) is 0 Å². The van der Waals surface area contributed by atoms with Gasteiger partial charge in [-0.1, -0.05) is 20.8 Å². The minimum Gasteiger partial charge on any atom is -0.355 e. The molecular formula is C14H27N3O2. The maximum Gasteiger partial charge on any atom is 0.225 e. The van der Waals surface area contributed by atoms with Crippen LogP contribution in [0, 0.1) is 11.3 Å². The molecule has 1 heterocycles. The van der Waals surface area contributed by atoms with Gasteiger partial charge in [0.25, 0.3) is 0 Å². The summed E-state index contributed by atoms with van der Waals surface area (Å²) in [5, 5.41) is 2.81. The Labute approximate surface area is 115 Å². The number of likely N-dealkylation sites (tertiary alicyclic amines) is 1. The van der Waals surface area contributed by atoms with Crippen LogP contribution in [-0.2, 0) is 9.59 Å². The summed E-state index contributed by atoms with van der Waals surface area (Å²) in [5.74, 6) is 0.510. The summed E-state index contributed by atoms with van der Waals surface area (Å²) in [7, 11) is 0. The first-order valence-electron chi connectivity index (χ1n) is 7.03. The molecule has 1 rings (SSSR count). The third-order valence-electron chi connectivity index (χ3n) is 3.62. The summed E-state index contributed by atoms with van der Waals surface area (Å²) >= 11 is 0. The molecule has 1 saturated heterocycles. The standard InChI is InChI=1S/C14H27N3O2/c1-10-7-11(8-15)9-17(10)12(18)5-6-16-13(19)14(2,3)4/h10-11H,5-9,15H2,1-4H3,(H,16,19). The van der Waals surface area contributed by atoms with E-state index >= 15 is 0 Å². The lowest BCUT2D eigenvalue weighted by molar-refractivity contribution is -0.132. The number of nitrogens with zero attached hydrogens (tertiary/aromatic N) is 1. The molecule has 0 aromatic carbocycles. The normalized spacial score (nSPS) is 23.5. The Bertz CT molecular complexity index is 336. The molecule has 5 heteroatoms. The van der Waals surface area contributed by atoms with E-state index in [1.807, 2.05) is 25.7 Å². The summed E-state index contributed by atoms with van der Waals surface area (Å²) < 4.78 is 0. The Hall–Kier alpha value is -1.10. The van der Waals surface area contributed by atoms with Crippen LogP contribution in [0.3, 0.4) is 0 Å². The number of rotatable bonds is 4. The van der Waals surface area contributed by atoms with Crippen molar-refractivity contribution in [2.45, 2.75) is 46.6 Å². The minimum absolute atomic E-state index is 0.0189. The van der Waals surface area contributed by atoms with Crippen molar-refractivity contribution >= 4 is 11.8 Å². The van der Waals surface area contributed by atoms with Gasteiger partial charge in [0, 0.05) is 31.0 Å². The summed E-state index contributed by atoms with van der Waals surface area (Å²) in [6.07, 6.45) is 1.35. The molecule has 2 amide bonds. The summed E-state index contributed by atoms with van der Waals surface area (Å²) in [6, 6.07) is 0.263. The minimum atomic E-state index is -0.408. The Morgan fingerprint density at radius 3 is 2.47 bits per heavy atom. The fourth-order valence-corrected chi connectivity index (χ4v) is 2.35. The smallest absolute Gasteiger partial charge is 0.225 e. The molecular weight excluding hydrogens is 242 g/mol. The van der Waals surface area contributed by atoms with E-state index in [9.17, 15) is 9.59 Å². The van der Waals surface area contributed by atoms with Crippen molar-refractivity contribution in [3.8, 4) is 0 Å². The Morgan fingerprint density at radius 2 is 2.00 bits per heavy atom. The van der Waals surface area contributed by atoms with Crippen molar-refractivity contribution in [3.05, 3.63) is 0 Å². The van der Waals surface area contributed by atoms with Crippen molar-refractivity contribution in [3.63, 3.8) is 0 Å². The van der Waals surface area contributed by atoms with E-state index in [-0.39, 0.29) is 17.9 Å². The predicted molar refractivity (Wildman–Crippen MR) is 75.4 cm³/mol. The van der Waals surface area contributed by atoms with Crippen LogP contribution in [0.2, 0.25) is 0 Å². The second-order valence-corrected chi connectivity index (χ2v) is 6.49. The van der Waals surface area contributed by atoms with Crippen LogP contribution in [-0.4, -0.2) is 42.4 Å². The van der Waals surface area contributed by atoms with Gasteiger partial charge in [0.1, 0.15) is 0 Å².